The molecule has 27 heavy (non-hydrogen) atoms. The number of aryl methyl sites for hydroxylation is 2. The van der Waals surface area contributed by atoms with E-state index in [1.54, 1.807) is 6.20 Å². The topological polar surface area (TPSA) is 85.4 Å². The maximum Gasteiger partial charge on any atom is 0.325 e. The van der Waals surface area contributed by atoms with Gasteiger partial charge in [-0.05, 0) is 50.8 Å². The Labute approximate surface area is 167 Å². The molecule has 0 radical (unpaired) electrons. The molecule has 2 N–H and O–H groups in total. The number of urea groups is 1. The lowest BCUT2D eigenvalue weighted by Gasteiger charge is -2.23. The molecule has 1 fully saturated rings. The van der Waals surface area contributed by atoms with Crippen molar-refractivity contribution >= 4 is 33.5 Å². The van der Waals surface area contributed by atoms with E-state index < -0.39 is 6.03 Å². The van der Waals surface area contributed by atoms with Gasteiger partial charge >= 0.3 is 6.03 Å². The third-order valence-electron chi connectivity index (χ3n) is 4.23. The van der Waals surface area contributed by atoms with Crippen LogP contribution in [0.1, 0.15) is 30.5 Å². The van der Waals surface area contributed by atoms with Crippen molar-refractivity contribution in [2.75, 3.05) is 23.8 Å². The molecular weight excluding hydrogens is 412 g/mol. The van der Waals surface area contributed by atoms with Crippen molar-refractivity contribution in [1.82, 2.24) is 9.97 Å². The third-order valence-corrected chi connectivity index (χ3v) is 5.08. The molecule has 2 aromatic rings. The van der Waals surface area contributed by atoms with Crippen LogP contribution in [-0.4, -0.2) is 35.3 Å². The predicted molar refractivity (Wildman–Crippen MR) is 107 cm³/mol. The molecule has 0 unspecified atom stereocenters. The number of amides is 2. The molecule has 1 saturated heterocycles. The van der Waals surface area contributed by atoms with E-state index in [1.807, 2.05) is 26.0 Å². The number of carbonyl (C=O) groups excluding carboxylic acids is 1. The van der Waals surface area contributed by atoms with E-state index in [-0.39, 0.29) is 6.10 Å². The summed E-state index contributed by atoms with van der Waals surface area (Å²) in [5.74, 6) is 0.984. The lowest BCUT2D eigenvalue weighted by molar-refractivity contribution is -0.0109. The number of ether oxygens (including phenoxy) is 2. The summed E-state index contributed by atoms with van der Waals surface area (Å²) in [7, 11) is 0. The monoisotopic (exact) mass is 434 g/mol. The van der Waals surface area contributed by atoms with Gasteiger partial charge in [-0.25, -0.2) is 9.78 Å². The van der Waals surface area contributed by atoms with Crippen LogP contribution in [0.25, 0.3) is 0 Å². The summed E-state index contributed by atoms with van der Waals surface area (Å²) in [5, 5.41) is 5.48. The Balaban J connectivity index is 1.67. The zero-order valence-electron chi connectivity index (χ0n) is 15.4. The van der Waals surface area contributed by atoms with Gasteiger partial charge in [0.05, 0.1) is 29.9 Å². The zero-order chi connectivity index (χ0) is 19.2. The fourth-order valence-electron chi connectivity index (χ4n) is 2.72. The van der Waals surface area contributed by atoms with Crippen LogP contribution in [0.15, 0.2) is 29.0 Å². The molecule has 0 bridgehead atoms. The molecular formula is C19H23BrN4O3. The van der Waals surface area contributed by atoms with E-state index >= 15 is 0 Å². The molecule has 2 amide bonds. The first kappa shape index (κ1) is 19.6. The Morgan fingerprint density at radius 2 is 2.11 bits per heavy atom. The smallest absolute Gasteiger partial charge is 0.325 e. The van der Waals surface area contributed by atoms with Crippen LogP contribution in [0, 0.1) is 13.8 Å². The number of hydrogen-bond donors (Lipinski definition) is 2. The van der Waals surface area contributed by atoms with Crippen molar-refractivity contribution in [2.24, 2.45) is 0 Å². The molecule has 1 aliphatic rings. The quantitative estimate of drug-likeness (QED) is 0.725. The largest absolute Gasteiger partial charge is 0.489 e. The number of benzene rings is 1. The Bertz CT molecular complexity index is 792. The first-order valence-corrected chi connectivity index (χ1v) is 9.72. The predicted octanol–water partition coefficient (Wildman–Crippen LogP) is 4.45. The summed E-state index contributed by atoms with van der Waals surface area (Å²) in [6, 6.07) is 3.31. The highest BCUT2D eigenvalue weighted by molar-refractivity contribution is 9.10. The van der Waals surface area contributed by atoms with Gasteiger partial charge in [-0.3, -0.25) is 10.3 Å². The maximum absolute atomic E-state index is 12.3. The van der Waals surface area contributed by atoms with Crippen molar-refractivity contribution < 1.29 is 14.3 Å². The van der Waals surface area contributed by atoms with Crippen LogP contribution in [-0.2, 0) is 4.74 Å². The second kappa shape index (κ2) is 9.14. The molecule has 1 aliphatic heterocycles. The third kappa shape index (κ3) is 5.64. The minimum Gasteiger partial charge on any atom is -0.489 e. The summed E-state index contributed by atoms with van der Waals surface area (Å²) >= 11 is 3.50. The number of aromatic nitrogens is 2. The number of hydrogen-bond acceptors (Lipinski definition) is 5. The molecule has 7 nitrogen and oxygen atoms in total. The maximum atomic E-state index is 12.3. The minimum atomic E-state index is -0.414. The number of halogens is 1. The van der Waals surface area contributed by atoms with Gasteiger partial charge in [-0.1, -0.05) is 15.9 Å². The fourth-order valence-corrected chi connectivity index (χ4v) is 3.06. The van der Waals surface area contributed by atoms with Gasteiger partial charge in [0.1, 0.15) is 12.4 Å². The van der Waals surface area contributed by atoms with Crippen LogP contribution in [0.2, 0.25) is 0 Å². The molecule has 1 atom stereocenters. The van der Waals surface area contributed by atoms with Gasteiger partial charge < -0.3 is 14.8 Å². The van der Waals surface area contributed by atoms with Crippen LogP contribution in [0.4, 0.5) is 16.3 Å². The lowest BCUT2D eigenvalue weighted by atomic mass is 10.1. The summed E-state index contributed by atoms with van der Waals surface area (Å²) in [4.78, 5) is 20.6. The van der Waals surface area contributed by atoms with Gasteiger partial charge in [0.15, 0.2) is 5.82 Å². The van der Waals surface area contributed by atoms with Crippen molar-refractivity contribution in [3.8, 4) is 5.75 Å². The van der Waals surface area contributed by atoms with Gasteiger partial charge in [0.2, 0.25) is 0 Å². The Morgan fingerprint density at radius 3 is 2.81 bits per heavy atom. The minimum absolute atomic E-state index is 0.0900. The Hall–Kier alpha value is -2.19. The summed E-state index contributed by atoms with van der Waals surface area (Å²) < 4.78 is 12.6. The van der Waals surface area contributed by atoms with Crippen molar-refractivity contribution in [3.05, 3.63) is 40.3 Å². The number of anilines is 2. The molecule has 1 aromatic heterocycles. The van der Waals surface area contributed by atoms with E-state index in [4.69, 9.17) is 9.47 Å². The summed E-state index contributed by atoms with van der Waals surface area (Å²) in [6.07, 6.45) is 6.44. The molecule has 2 heterocycles. The molecule has 1 aromatic carbocycles. The van der Waals surface area contributed by atoms with Crippen molar-refractivity contribution in [2.45, 2.75) is 39.2 Å². The highest BCUT2D eigenvalue weighted by Crippen LogP contribution is 2.32. The number of carbonyl (C=O) groups is 1. The summed E-state index contributed by atoms with van der Waals surface area (Å²) in [6.45, 7) is 5.04. The molecule has 0 spiro atoms. The van der Waals surface area contributed by atoms with E-state index in [2.05, 4.69) is 36.5 Å². The highest BCUT2D eigenvalue weighted by Gasteiger charge is 2.17. The van der Waals surface area contributed by atoms with E-state index in [1.165, 1.54) is 6.20 Å². The van der Waals surface area contributed by atoms with Gasteiger partial charge in [0.25, 0.3) is 0 Å². The van der Waals surface area contributed by atoms with E-state index in [9.17, 15) is 4.79 Å². The first-order chi connectivity index (χ1) is 13.0. The zero-order valence-corrected chi connectivity index (χ0v) is 17.0. The molecule has 144 valence electrons. The first-order valence-electron chi connectivity index (χ1n) is 8.92. The number of nitrogens with one attached hydrogen (secondary N) is 2. The van der Waals surface area contributed by atoms with Crippen LogP contribution < -0.4 is 15.4 Å². The molecule has 8 heteroatoms. The van der Waals surface area contributed by atoms with Crippen LogP contribution >= 0.6 is 15.9 Å². The van der Waals surface area contributed by atoms with E-state index in [0.29, 0.717) is 23.9 Å². The van der Waals surface area contributed by atoms with Crippen molar-refractivity contribution in [1.29, 1.82) is 0 Å². The summed E-state index contributed by atoms with van der Waals surface area (Å²) in [5.41, 5.74) is 2.37. The second-order valence-electron chi connectivity index (χ2n) is 6.52. The Kier molecular flexibility index (Phi) is 6.63. The van der Waals surface area contributed by atoms with Crippen LogP contribution in [0.3, 0.4) is 0 Å². The average molecular weight is 435 g/mol. The molecule has 0 saturated carbocycles. The normalized spacial score (nSPS) is 16.6. The van der Waals surface area contributed by atoms with E-state index in [0.717, 1.165) is 41.6 Å². The van der Waals surface area contributed by atoms with Crippen LogP contribution in [0.5, 0.6) is 5.75 Å². The fraction of sp³-hybridized carbons (Fsp3) is 0.421. The SMILES string of the molecule is Cc1cnc(NC(=O)Nc2cc(Br)c(C)cc2OC[C@@H]2CCCCO2)cn1. The lowest BCUT2D eigenvalue weighted by Crippen LogP contribution is -2.26. The van der Waals surface area contributed by atoms with Gasteiger partial charge in [0, 0.05) is 11.1 Å². The molecule has 3 rings (SSSR count). The Morgan fingerprint density at radius 1 is 1.26 bits per heavy atom. The van der Waals surface area contributed by atoms with Gasteiger partial charge in [-0.15, -0.1) is 0 Å². The number of nitrogens with zero attached hydrogens (tertiary/aromatic N) is 2. The van der Waals surface area contributed by atoms with Crippen molar-refractivity contribution in [3.63, 3.8) is 0 Å². The molecule has 0 aliphatic carbocycles. The second-order valence-corrected chi connectivity index (χ2v) is 7.37. The highest BCUT2D eigenvalue weighted by atomic mass is 79.9. The van der Waals surface area contributed by atoms with Gasteiger partial charge in [-0.2, -0.15) is 0 Å². The standard InChI is InChI=1S/C19H23BrN4O3/c1-12-7-17(27-11-14-5-3-4-6-26-14)16(8-15(12)20)23-19(25)24-18-10-21-13(2)9-22-18/h7-10,14H,3-6,11H2,1-2H3,(H2,22,23,24,25)/t14-/m0/s1. The number of rotatable bonds is 5. The average Bonchev–Trinajstić information content (AvgIpc) is 2.66.